The zero-order valence-corrected chi connectivity index (χ0v) is 16.7. The lowest BCUT2D eigenvalue weighted by Crippen LogP contribution is -2.56. The Morgan fingerprint density at radius 1 is 1.14 bits per heavy atom. The van der Waals surface area contributed by atoms with Gasteiger partial charge in [0, 0.05) is 38.8 Å². The zero-order valence-electron chi connectivity index (χ0n) is 16.7. The van der Waals surface area contributed by atoms with Crippen LogP contribution in [0, 0.1) is 5.82 Å². The molecule has 1 fully saturated rings. The van der Waals surface area contributed by atoms with Crippen LogP contribution in [-0.2, 0) is 13.6 Å². The molecule has 150 valence electrons. The van der Waals surface area contributed by atoms with Crippen molar-refractivity contribution in [3.05, 3.63) is 47.8 Å². The lowest BCUT2D eigenvalue weighted by Gasteiger charge is -2.42. The van der Waals surface area contributed by atoms with Crippen molar-refractivity contribution in [2.24, 2.45) is 7.05 Å². The number of likely N-dealkylation sites (N-methyl/N-ethyl adjacent to an activating group) is 1. The lowest BCUT2D eigenvalue weighted by atomic mass is 10.1. The van der Waals surface area contributed by atoms with E-state index in [1.54, 1.807) is 6.07 Å². The standard InChI is InChI=1S/C21H23FN6O/c1-26(2)15-11-28(12-15)10-13-4-7-19-17(8-13)24-21(29-19)25-20-23-16-9-14(22)5-6-18(16)27(20)3/h4-9,15H,10-12H2,1-3H3,(H,23,24,25). The number of hydrogen-bond acceptors (Lipinski definition) is 6. The van der Waals surface area contributed by atoms with Crippen molar-refractivity contribution in [1.29, 1.82) is 0 Å². The predicted molar refractivity (Wildman–Crippen MR) is 111 cm³/mol. The van der Waals surface area contributed by atoms with Gasteiger partial charge < -0.3 is 13.9 Å². The van der Waals surface area contributed by atoms with Gasteiger partial charge in [0.15, 0.2) is 5.58 Å². The van der Waals surface area contributed by atoms with Crippen molar-refractivity contribution < 1.29 is 8.81 Å². The fraction of sp³-hybridized carbons (Fsp3) is 0.333. The van der Waals surface area contributed by atoms with E-state index in [0.29, 0.717) is 23.5 Å². The highest BCUT2D eigenvalue weighted by molar-refractivity contribution is 5.80. The van der Waals surface area contributed by atoms with E-state index in [9.17, 15) is 4.39 Å². The molecule has 1 aliphatic heterocycles. The third kappa shape index (κ3) is 3.34. The molecule has 0 bridgehead atoms. The summed E-state index contributed by atoms with van der Waals surface area (Å²) in [5.74, 6) is 0.239. The first-order valence-electron chi connectivity index (χ1n) is 9.63. The summed E-state index contributed by atoms with van der Waals surface area (Å²) in [4.78, 5) is 13.7. The largest absolute Gasteiger partial charge is 0.423 e. The van der Waals surface area contributed by atoms with Crippen LogP contribution < -0.4 is 5.32 Å². The number of benzene rings is 2. The van der Waals surface area contributed by atoms with Gasteiger partial charge in [-0.05, 0) is 43.9 Å². The second-order valence-corrected chi connectivity index (χ2v) is 7.89. The molecular weight excluding hydrogens is 371 g/mol. The third-order valence-corrected chi connectivity index (χ3v) is 5.59. The molecule has 0 spiro atoms. The molecule has 29 heavy (non-hydrogen) atoms. The van der Waals surface area contributed by atoms with Crippen LogP contribution >= 0.6 is 0 Å². The molecule has 2 aromatic carbocycles. The molecule has 1 N–H and O–H groups in total. The van der Waals surface area contributed by atoms with Gasteiger partial charge in [-0.2, -0.15) is 4.98 Å². The van der Waals surface area contributed by atoms with Crippen LogP contribution in [0.2, 0.25) is 0 Å². The van der Waals surface area contributed by atoms with E-state index in [-0.39, 0.29) is 5.82 Å². The normalized spacial score (nSPS) is 15.5. The summed E-state index contributed by atoms with van der Waals surface area (Å²) in [5, 5.41) is 3.11. The first-order chi connectivity index (χ1) is 14.0. The Morgan fingerprint density at radius 3 is 2.76 bits per heavy atom. The molecule has 0 radical (unpaired) electrons. The number of rotatable bonds is 5. The summed E-state index contributed by atoms with van der Waals surface area (Å²) < 4.78 is 21.1. The number of anilines is 2. The van der Waals surface area contributed by atoms with Gasteiger partial charge in [0.05, 0.1) is 11.0 Å². The lowest BCUT2D eigenvalue weighted by molar-refractivity contribution is 0.0574. The van der Waals surface area contributed by atoms with E-state index in [4.69, 9.17) is 4.42 Å². The Labute approximate surface area is 167 Å². The van der Waals surface area contributed by atoms with Crippen molar-refractivity contribution >= 4 is 34.1 Å². The first kappa shape index (κ1) is 18.1. The number of nitrogens with zero attached hydrogens (tertiary/aromatic N) is 5. The molecule has 1 saturated heterocycles. The maximum atomic E-state index is 13.5. The van der Waals surface area contributed by atoms with Crippen molar-refractivity contribution in [3.63, 3.8) is 0 Å². The summed E-state index contributed by atoms with van der Waals surface area (Å²) in [6.07, 6.45) is 0. The minimum atomic E-state index is -0.310. The van der Waals surface area contributed by atoms with Gasteiger partial charge in [0.2, 0.25) is 5.95 Å². The maximum Gasteiger partial charge on any atom is 0.302 e. The molecular formula is C21H23FN6O. The van der Waals surface area contributed by atoms with E-state index in [2.05, 4.69) is 51.3 Å². The van der Waals surface area contributed by atoms with Crippen LogP contribution in [0.15, 0.2) is 40.8 Å². The predicted octanol–water partition coefficient (Wildman–Crippen LogP) is 3.34. The van der Waals surface area contributed by atoms with Gasteiger partial charge in [-0.3, -0.25) is 10.2 Å². The number of imidazole rings is 1. The molecule has 0 aliphatic carbocycles. The molecule has 0 unspecified atom stereocenters. The summed E-state index contributed by atoms with van der Waals surface area (Å²) in [7, 11) is 6.11. The topological polar surface area (TPSA) is 62.4 Å². The molecule has 0 atom stereocenters. The van der Waals surface area contributed by atoms with Crippen LogP contribution in [0.5, 0.6) is 0 Å². The van der Waals surface area contributed by atoms with Gasteiger partial charge in [0.25, 0.3) is 0 Å². The van der Waals surface area contributed by atoms with Gasteiger partial charge in [-0.15, -0.1) is 0 Å². The SMILES string of the molecule is CN(C)C1CN(Cc2ccc3oc(Nc4nc5cc(F)ccc5n4C)nc3c2)C1. The number of halogens is 1. The molecule has 3 heterocycles. The number of nitrogens with one attached hydrogen (secondary N) is 1. The quantitative estimate of drug-likeness (QED) is 0.560. The maximum absolute atomic E-state index is 13.5. The number of fused-ring (bicyclic) bond motifs is 2. The number of oxazole rings is 1. The summed E-state index contributed by atoms with van der Waals surface area (Å²) >= 11 is 0. The van der Waals surface area contributed by atoms with Crippen LogP contribution in [0.3, 0.4) is 0 Å². The highest BCUT2D eigenvalue weighted by Crippen LogP contribution is 2.26. The van der Waals surface area contributed by atoms with E-state index in [1.165, 1.54) is 17.7 Å². The van der Waals surface area contributed by atoms with E-state index in [1.807, 2.05) is 17.7 Å². The highest BCUT2D eigenvalue weighted by Gasteiger charge is 2.28. The second-order valence-electron chi connectivity index (χ2n) is 7.89. The molecule has 5 rings (SSSR count). The highest BCUT2D eigenvalue weighted by atomic mass is 19.1. The molecule has 8 heteroatoms. The first-order valence-corrected chi connectivity index (χ1v) is 9.63. The minimum absolute atomic E-state index is 0.310. The number of aromatic nitrogens is 3. The number of hydrogen-bond donors (Lipinski definition) is 1. The summed E-state index contributed by atoms with van der Waals surface area (Å²) in [6.45, 7) is 3.08. The smallest absolute Gasteiger partial charge is 0.302 e. The van der Waals surface area contributed by atoms with Crippen molar-refractivity contribution in [2.75, 3.05) is 32.5 Å². The van der Waals surface area contributed by atoms with Crippen LogP contribution in [-0.4, -0.2) is 57.6 Å². The van der Waals surface area contributed by atoms with E-state index in [0.717, 1.165) is 36.3 Å². The Kier molecular flexibility index (Phi) is 4.25. The Hall–Kier alpha value is -2.97. The Bertz CT molecular complexity index is 1190. The Balaban J connectivity index is 1.35. The Morgan fingerprint density at radius 2 is 1.97 bits per heavy atom. The molecule has 1 aliphatic rings. The number of likely N-dealkylation sites (tertiary alicyclic amines) is 1. The fourth-order valence-electron chi connectivity index (χ4n) is 3.76. The zero-order chi connectivity index (χ0) is 20.1. The number of aryl methyl sites for hydroxylation is 1. The molecule has 0 saturated carbocycles. The average molecular weight is 394 g/mol. The molecule has 2 aromatic heterocycles. The summed E-state index contributed by atoms with van der Waals surface area (Å²) in [6, 6.07) is 11.7. The van der Waals surface area contributed by atoms with Gasteiger partial charge in [0.1, 0.15) is 11.3 Å². The van der Waals surface area contributed by atoms with Gasteiger partial charge in [-0.1, -0.05) is 6.07 Å². The van der Waals surface area contributed by atoms with E-state index >= 15 is 0 Å². The molecule has 4 aromatic rings. The van der Waals surface area contributed by atoms with Crippen molar-refractivity contribution in [2.45, 2.75) is 12.6 Å². The molecule has 7 nitrogen and oxygen atoms in total. The second kappa shape index (κ2) is 6.82. The third-order valence-electron chi connectivity index (χ3n) is 5.59. The molecule has 0 amide bonds. The van der Waals surface area contributed by atoms with Crippen molar-refractivity contribution in [1.82, 2.24) is 24.3 Å². The van der Waals surface area contributed by atoms with Crippen molar-refractivity contribution in [3.8, 4) is 0 Å². The minimum Gasteiger partial charge on any atom is -0.423 e. The van der Waals surface area contributed by atoms with E-state index < -0.39 is 0 Å². The summed E-state index contributed by atoms with van der Waals surface area (Å²) in [5.41, 5.74) is 4.15. The monoisotopic (exact) mass is 394 g/mol. The average Bonchev–Trinajstić information content (AvgIpc) is 3.17. The van der Waals surface area contributed by atoms with Gasteiger partial charge >= 0.3 is 6.01 Å². The van der Waals surface area contributed by atoms with Crippen LogP contribution in [0.4, 0.5) is 16.4 Å². The fourth-order valence-corrected chi connectivity index (χ4v) is 3.76. The van der Waals surface area contributed by atoms with Crippen LogP contribution in [0.25, 0.3) is 22.1 Å². The van der Waals surface area contributed by atoms with Crippen LogP contribution in [0.1, 0.15) is 5.56 Å². The van der Waals surface area contributed by atoms with Gasteiger partial charge in [-0.25, -0.2) is 9.37 Å².